The lowest BCUT2D eigenvalue weighted by atomic mass is 9.96. The van der Waals surface area contributed by atoms with Gasteiger partial charge in [0.2, 0.25) is 0 Å². The number of hydrogen-bond acceptors (Lipinski definition) is 1. The molecule has 0 aliphatic carbocycles. The van der Waals surface area contributed by atoms with Crippen LogP contribution in [0.15, 0.2) is 53.6 Å². The van der Waals surface area contributed by atoms with E-state index in [4.69, 9.17) is 5.53 Å². The number of rotatable bonds is 4. The highest BCUT2D eigenvalue weighted by Crippen LogP contribution is 2.25. The van der Waals surface area contributed by atoms with Crippen LogP contribution in [0.1, 0.15) is 18.1 Å². The smallest absolute Gasteiger partial charge is 0.0510 e. The molecule has 2 aromatic rings. The second-order valence-electron chi connectivity index (χ2n) is 4.10. The van der Waals surface area contributed by atoms with Gasteiger partial charge in [-0.05, 0) is 34.2 Å². The molecular weight excluding hydrogens is 222 g/mol. The molecule has 0 atom stereocenters. The first kappa shape index (κ1) is 12.2. The van der Waals surface area contributed by atoms with Crippen LogP contribution in [0.25, 0.3) is 21.6 Å². The third kappa shape index (κ3) is 2.70. The van der Waals surface area contributed by atoms with Gasteiger partial charge in [0.15, 0.2) is 0 Å². The average Bonchev–Trinajstić information content (AvgIpc) is 2.45. The topological polar surface area (TPSA) is 48.8 Å². The fraction of sp³-hybridized carbons (Fsp3) is 0.200. The molecule has 0 unspecified atom stereocenters. The summed E-state index contributed by atoms with van der Waals surface area (Å²) in [4.78, 5) is 2.79. The third-order valence-electron chi connectivity index (χ3n) is 2.95. The molecule has 90 valence electrons. The van der Waals surface area contributed by atoms with Gasteiger partial charge in [0.25, 0.3) is 0 Å². The summed E-state index contributed by atoms with van der Waals surface area (Å²) in [5.41, 5.74) is 13.2. The van der Waals surface area contributed by atoms with E-state index in [9.17, 15) is 0 Å². The maximum absolute atomic E-state index is 8.35. The van der Waals surface area contributed by atoms with E-state index >= 15 is 0 Å². The minimum atomic E-state index is 0.415. The van der Waals surface area contributed by atoms with E-state index in [1.165, 1.54) is 16.7 Å². The van der Waals surface area contributed by atoms with Crippen molar-refractivity contribution in [1.82, 2.24) is 0 Å². The van der Waals surface area contributed by atoms with Crippen molar-refractivity contribution in [2.45, 2.75) is 19.9 Å². The van der Waals surface area contributed by atoms with Crippen molar-refractivity contribution >= 4 is 0 Å². The molecule has 0 aliphatic heterocycles. The lowest BCUT2D eigenvalue weighted by molar-refractivity contribution is 1.03. The van der Waals surface area contributed by atoms with Gasteiger partial charge in [-0.2, -0.15) is 0 Å². The Morgan fingerprint density at radius 2 is 1.89 bits per heavy atom. The largest absolute Gasteiger partial charge is 0.0893 e. The van der Waals surface area contributed by atoms with Gasteiger partial charge in [-0.3, -0.25) is 0 Å². The average molecular weight is 237 g/mol. The molecule has 0 amide bonds. The number of benzene rings is 2. The molecule has 0 heterocycles. The van der Waals surface area contributed by atoms with E-state index < -0.39 is 0 Å². The van der Waals surface area contributed by atoms with Gasteiger partial charge in [0.1, 0.15) is 0 Å². The minimum absolute atomic E-state index is 0.415. The molecule has 0 saturated carbocycles. The Labute approximate surface area is 107 Å². The number of aryl methyl sites for hydroxylation is 1. The van der Waals surface area contributed by atoms with E-state index in [2.05, 4.69) is 41.2 Å². The van der Waals surface area contributed by atoms with Crippen molar-refractivity contribution in [2.24, 2.45) is 5.11 Å². The fourth-order valence-electron chi connectivity index (χ4n) is 2.05. The zero-order valence-electron chi connectivity index (χ0n) is 10.4. The molecule has 0 aliphatic rings. The molecule has 0 saturated heterocycles. The first-order valence-electron chi connectivity index (χ1n) is 6.03. The Morgan fingerprint density at radius 1 is 1.11 bits per heavy atom. The summed E-state index contributed by atoms with van der Waals surface area (Å²) >= 11 is 0. The number of nitrogens with zero attached hydrogens (tertiary/aromatic N) is 3. The zero-order valence-corrected chi connectivity index (χ0v) is 10.4. The Kier molecular flexibility index (Phi) is 4.00. The van der Waals surface area contributed by atoms with E-state index in [-0.39, 0.29) is 0 Å². The molecule has 0 radical (unpaired) electrons. The molecule has 0 fully saturated rings. The van der Waals surface area contributed by atoms with E-state index in [0.717, 1.165) is 12.0 Å². The fourth-order valence-corrected chi connectivity index (χ4v) is 2.05. The molecular formula is C15H15N3. The lowest BCUT2D eigenvalue weighted by Crippen LogP contribution is -1.90. The number of azide groups is 1. The highest BCUT2D eigenvalue weighted by molar-refractivity contribution is 5.67. The highest BCUT2D eigenvalue weighted by Gasteiger charge is 2.04. The normalized spacial score (nSPS) is 9.83. The first-order chi connectivity index (χ1) is 8.85. The Bertz CT molecular complexity index is 570. The van der Waals surface area contributed by atoms with Crippen LogP contribution in [0.4, 0.5) is 0 Å². The quantitative estimate of drug-likeness (QED) is 0.419. The van der Waals surface area contributed by atoms with E-state index in [1.54, 1.807) is 0 Å². The van der Waals surface area contributed by atoms with Crippen LogP contribution in [0.5, 0.6) is 0 Å². The van der Waals surface area contributed by atoms with Gasteiger partial charge < -0.3 is 0 Å². The predicted molar refractivity (Wildman–Crippen MR) is 74.1 cm³/mol. The van der Waals surface area contributed by atoms with Gasteiger partial charge in [-0.1, -0.05) is 60.6 Å². The summed E-state index contributed by atoms with van der Waals surface area (Å²) in [6, 6.07) is 16.6. The lowest BCUT2D eigenvalue weighted by Gasteiger charge is -2.09. The van der Waals surface area contributed by atoms with E-state index in [1.807, 2.05) is 24.3 Å². The summed E-state index contributed by atoms with van der Waals surface area (Å²) in [5.74, 6) is 0. The van der Waals surface area contributed by atoms with Gasteiger partial charge in [0.05, 0.1) is 6.54 Å². The first-order valence-corrected chi connectivity index (χ1v) is 6.03. The van der Waals surface area contributed by atoms with Crippen LogP contribution < -0.4 is 0 Å². The van der Waals surface area contributed by atoms with Crippen LogP contribution in [0, 0.1) is 0 Å². The molecule has 2 rings (SSSR count). The van der Waals surface area contributed by atoms with Crippen molar-refractivity contribution in [3.8, 4) is 11.1 Å². The maximum Gasteiger partial charge on any atom is 0.0510 e. The molecule has 0 bridgehead atoms. The molecule has 3 nitrogen and oxygen atoms in total. The Morgan fingerprint density at radius 3 is 2.56 bits per heavy atom. The van der Waals surface area contributed by atoms with Crippen molar-refractivity contribution in [1.29, 1.82) is 0 Å². The van der Waals surface area contributed by atoms with Gasteiger partial charge in [0, 0.05) is 4.91 Å². The van der Waals surface area contributed by atoms with Crippen LogP contribution in [-0.2, 0) is 13.0 Å². The second kappa shape index (κ2) is 5.89. The van der Waals surface area contributed by atoms with Gasteiger partial charge in [-0.25, -0.2) is 0 Å². The predicted octanol–water partition coefficient (Wildman–Crippen LogP) is 4.73. The summed E-state index contributed by atoms with van der Waals surface area (Å²) < 4.78 is 0. The van der Waals surface area contributed by atoms with Crippen LogP contribution in [0.3, 0.4) is 0 Å². The second-order valence-corrected chi connectivity index (χ2v) is 4.10. The van der Waals surface area contributed by atoms with Crippen molar-refractivity contribution in [3.05, 3.63) is 70.1 Å². The monoisotopic (exact) mass is 237 g/mol. The highest BCUT2D eigenvalue weighted by atomic mass is 15.1. The molecule has 0 N–H and O–H groups in total. The number of hydrogen-bond donors (Lipinski definition) is 0. The summed E-state index contributed by atoms with van der Waals surface area (Å²) in [6.07, 6.45) is 0.967. The Balaban J connectivity index is 2.40. The van der Waals surface area contributed by atoms with Gasteiger partial charge >= 0.3 is 0 Å². The Hall–Kier alpha value is -2.25. The SMILES string of the molecule is CCc1cc(CN=[N+]=[N-])ccc1-c1ccccc1. The molecule has 18 heavy (non-hydrogen) atoms. The van der Waals surface area contributed by atoms with Crippen LogP contribution in [-0.4, -0.2) is 0 Å². The summed E-state index contributed by atoms with van der Waals surface area (Å²) in [6.45, 7) is 2.55. The standard InChI is InChI=1S/C15H15N3/c1-2-13-10-12(11-17-18-16)8-9-15(13)14-6-4-3-5-7-14/h3-10H,2,11H2,1H3. The van der Waals surface area contributed by atoms with Crippen LogP contribution in [0.2, 0.25) is 0 Å². The zero-order chi connectivity index (χ0) is 12.8. The van der Waals surface area contributed by atoms with Crippen molar-refractivity contribution < 1.29 is 0 Å². The van der Waals surface area contributed by atoms with Crippen LogP contribution >= 0.6 is 0 Å². The molecule has 0 spiro atoms. The molecule has 3 heteroatoms. The van der Waals surface area contributed by atoms with Crippen molar-refractivity contribution in [3.63, 3.8) is 0 Å². The van der Waals surface area contributed by atoms with Crippen molar-refractivity contribution in [2.75, 3.05) is 0 Å². The van der Waals surface area contributed by atoms with Gasteiger partial charge in [-0.15, -0.1) is 0 Å². The minimum Gasteiger partial charge on any atom is -0.0893 e. The van der Waals surface area contributed by atoms with E-state index in [0.29, 0.717) is 6.54 Å². The summed E-state index contributed by atoms with van der Waals surface area (Å²) in [7, 11) is 0. The molecule has 2 aromatic carbocycles. The molecule has 0 aromatic heterocycles. The third-order valence-corrected chi connectivity index (χ3v) is 2.95. The summed E-state index contributed by atoms with van der Waals surface area (Å²) in [5, 5.41) is 3.60. The maximum atomic E-state index is 8.35.